The maximum atomic E-state index is 13.7. The van der Waals surface area contributed by atoms with Gasteiger partial charge in [-0.2, -0.15) is 15.1 Å². The Labute approximate surface area is 281 Å². The fourth-order valence-electron chi connectivity index (χ4n) is 5.12. The maximum Gasteiger partial charge on any atom is 0.459 e. The summed E-state index contributed by atoms with van der Waals surface area (Å²) in [6, 6.07) is 7.43. The fourth-order valence-corrected chi connectivity index (χ4v) is 6.60. The SMILES string of the molecule is CCCCCCCCCCCC(=O)Nc1nc(N)nc2c1ncn2[C@H]1CO[C@@H](COP(=O)(N[C@@H](C)C(=O)OCC)Oc2ccccc2)O1. The highest BCUT2D eigenvalue weighted by molar-refractivity contribution is 7.52. The molecule has 48 heavy (non-hydrogen) atoms. The first-order valence-electron chi connectivity index (χ1n) is 16.7. The zero-order valence-corrected chi connectivity index (χ0v) is 28.9. The van der Waals surface area contributed by atoms with Crippen LogP contribution in [-0.2, 0) is 32.9 Å². The number of para-hydroxylation sites is 1. The number of nitrogens with zero attached hydrogens (tertiary/aromatic N) is 4. The lowest BCUT2D eigenvalue weighted by Gasteiger charge is -2.23. The minimum atomic E-state index is -4.10. The van der Waals surface area contributed by atoms with E-state index in [1.165, 1.54) is 51.8 Å². The summed E-state index contributed by atoms with van der Waals surface area (Å²) in [5.41, 5.74) is 6.70. The van der Waals surface area contributed by atoms with Crippen LogP contribution in [0.25, 0.3) is 11.2 Å². The van der Waals surface area contributed by atoms with Crippen molar-refractivity contribution in [2.75, 3.05) is 30.9 Å². The van der Waals surface area contributed by atoms with Gasteiger partial charge in [-0.1, -0.05) is 76.5 Å². The van der Waals surface area contributed by atoms with Gasteiger partial charge in [-0.25, -0.2) is 9.55 Å². The van der Waals surface area contributed by atoms with E-state index in [1.807, 2.05) is 0 Å². The van der Waals surface area contributed by atoms with Crippen molar-refractivity contribution in [3.8, 4) is 5.75 Å². The number of carbonyl (C=O) groups excluding carboxylic acids is 2. The summed E-state index contributed by atoms with van der Waals surface area (Å²) < 4.78 is 43.4. The molecular formula is C32H48N7O8P. The van der Waals surface area contributed by atoms with Gasteiger partial charge in [0.15, 0.2) is 29.5 Å². The van der Waals surface area contributed by atoms with Crippen molar-refractivity contribution in [3.05, 3.63) is 36.7 Å². The van der Waals surface area contributed by atoms with Gasteiger partial charge >= 0.3 is 13.7 Å². The Balaban J connectivity index is 1.32. The number of aromatic nitrogens is 4. The maximum absolute atomic E-state index is 13.7. The van der Waals surface area contributed by atoms with Crippen molar-refractivity contribution >= 4 is 42.6 Å². The monoisotopic (exact) mass is 689 g/mol. The Kier molecular flexibility index (Phi) is 14.6. The number of hydrogen-bond donors (Lipinski definition) is 3. The second-order valence-electron chi connectivity index (χ2n) is 11.5. The molecule has 1 aliphatic rings. The smallest absolute Gasteiger partial charge is 0.459 e. The van der Waals surface area contributed by atoms with Crippen LogP contribution in [0.2, 0.25) is 0 Å². The average Bonchev–Trinajstić information content (AvgIpc) is 3.71. The molecule has 264 valence electrons. The predicted octanol–water partition coefficient (Wildman–Crippen LogP) is 5.88. The fraction of sp³-hybridized carbons (Fsp3) is 0.594. The van der Waals surface area contributed by atoms with Crippen LogP contribution in [0.15, 0.2) is 36.7 Å². The van der Waals surface area contributed by atoms with Crippen molar-refractivity contribution in [1.82, 2.24) is 24.6 Å². The summed E-state index contributed by atoms with van der Waals surface area (Å²) in [6.45, 7) is 5.33. The van der Waals surface area contributed by atoms with Crippen LogP contribution >= 0.6 is 7.75 Å². The average molecular weight is 690 g/mol. The number of esters is 1. The summed E-state index contributed by atoms with van der Waals surface area (Å²) in [6.07, 6.45) is 10.7. The lowest BCUT2D eigenvalue weighted by Crippen LogP contribution is -2.35. The number of rotatable bonds is 21. The molecule has 1 saturated heterocycles. The molecule has 1 fully saturated rings. The van der Waals surface area contributed by atoms with Crippen molar-refractivity contribution < 1.29 is 37.4 Å². The van der Waals surface area contributed by atoms with E-state index in [2.05, 4.69) is 32.3 Å². The number of nitrogen functional groups attached to an aromatic ring is 1. The first kappa shape index (κ1) is 37.2. The molecule has 1 aliphatic heterocycles. The van der Waals surface area contributed by atoms with Gasteiger partial charge in [0.25, 0.3) is 0 Å². The zero-order chi connectivity index (χ0) is 34.4. The van der Waals surface area contributed by atoms with E-state index in [0.717, 1.165) is 19.3 Å². The van der Waals surface area contributed by atoms with E-state index in [9.17, 15) is 14.2 Å². The molecule has 15 nitrogen and oxygen atoms in total. The molecule has 0 radical (unpaired) electrons. The number of anilines is 2. The zero-order valence-electron chi connectivity index (χ0n) is 28.0. The number of imidazole rings is 1. The summed E-state index contributed by atoms with van der Waals surface area (Å²) in [5, 5.41) is 5.45. The van der Waals surface area contributed by atoms with E-state index in [0.29, 0.717) is 17.6 Å². The molecule has 1 amide bonds. The molecule has 2 aromatic heterocycles. The van der Waals surface area contributed by atoms with Crippen LogP contribution < -0.4 is 20.7 Å². The van der Waals surface area contributed by atoms with Gasteiger partial charge in [-0.15, -0.1) is 0 Å². The molecule has 3 heterocycles. The van der Waals surface area contributed by atoms with Crippen LogP contribution in [0, 0.1) is 0 Å². The van der Waals surface area contributed by atoms with Crippen molar-refractivity contribution in [3.63, 3.8) is 0 Å². The van der Waals surface area contributed by atoms with E-state index < -0.39 is 32.3 Å². The van der Waals surface area contributed by atoms with E-state index in [-0.39, 0.29) is 43.2 Å². The van der Waals surface area contributed by atoms with Crippen LogP contribution in [0.1, 0.15) is 91.2 Å². The number of ether oxygens (including phenoxy) is 3. The minimum absolute atomic E-state index is 0.0396. The Hall–Kier alpha value is -3.62. The quantitative estimate of drug-likeness (QED) is 0.0683. The third-order valence-corrected chi connectivity index (χ3v) is 9.23. The number of nitrogens with two attached hydrogens (primary N) is 1. The normalized spacial score (nSPS) is 18.0. The Morgan fingerprint density at radius 1 is 1.06 bits per heavy atom. The van der Waals surface area contributed by atoms with Gasteiger partial charge in [-0.3, -0.25) is 18.7 Å². The van der Waals surface area contributed by atoms with Gasteiger partial charge in [0.2, 0.25) is 11.9 Å². The summed E-state index contributed by atoms with van der Waals surface area (Å²) in [7, 11) is -4.10. The van der Waals surface area contributed by atoms with Gasteiger partial charge < -0.3 is 29.8 Å². The van der Waals surface area contributed by atoms with Crippen molar-refractivity contribution in [1.29, 1.82) is 0 Å². The Morgan fingerprint density at radius 2 is 1.77 bits per heavy atom. The minimum Gasteiger partial charge on any atom is -0.465 e. The van der Waals surface area contributed by atoms with Crippen LogP contribution in [0.5, 0.6) is 5.75 Å². The Bertz CT molecular complexity index is 1510. The van der Waals surface area contributed by atoms with Crippen LogP contribution in [0.4, 0.5) is 11.8 Å². The topological polar surface area (TPSA) is 191 Å². The molecule has 0 bridgehead atoms. The lowest BCUT2D eigenvalue weighted by molar-refractivity contribution is -0.144. The Morgan fingerprint density at radius 3 is 2.48 bits per heavy atom. The van der Waals surface area contributed by atoms with Gasteiger partial charge in [0.1, 0.15) is 18.4 Å². The number of amides is 1. The van der Waals surface area contributed by atoms with E-state index in [1.54, 1.807) is 41.8 Å². The highest BCUT2D eigenvalue weighted by atomic mass is 31.2. The van der Waals surface area contributed by atoms with Crippen molar-refractivity contribution in [2.45, 2.75) is 104 Å². The molecule has 0 aliphatic carbocycles. The lowest BCUT2D eigenvalue weighted by atomic mass is 10.1. The number of unbranched alkanes of at least 4 members (excludes halogenated alkanes) is 8. The first-order chi connectivity index (χ1) is 23.2. The molecule has 1 unspecified atom stereocenters. The molecule has 0 saturated carbocycles. The largest absolute Gasteiger partial charge is 0.465 e. The third-order valence-electron chi connectivity index (χ3n) is 7.59. The summed E-state index contributed by atoms with van der Waals surface area (Å²) in [5.74, 6) is -0.330. The van der Waals surface area contributed by atoms with Gasteiger partial charge in [0.05, 0.1) is 19.5 Å². The molecule has 4 atom stereocenters. The third kappa shape index (κ3) is 11.2. The molecule has 16 heteroatoms. The highest BCUT2D eigenvalue weighted by Gasteiger charge is 2.36. The summed E-state index contributed by atoms with van der Waals surface area (Å²) >= 11 is 0. The molecule has 0 spiro atoms. The molecule has 3 aromatic rings. The van der Waals surface area contributed by atoms with Crippen LogP contribution in [-0.4, -0.2) is 63.5 Å². The second kappa shape index (κ2) is 18.8. The standard InChI is InChI=1S/C32H48N7O8P/c1-4-6-7-8-9-10-11-12-16-19-25(40)35-29-28-30(37-32(33)36-29)39(22-34-28)26-20-44-27(46-26)21-45-48(42,38-23(3)31(41)43-5-2)47-24-17-14-13-15-18-24/h13-15,17-18,22-23,26-27H,4-12,16,19-21H2,1-3H3,(H,38,42)(H3,33,35,36,37,40)/t23-,26+,27+,48?/m0/s1. The summed E-state index contributed by atoms with van der Waals surface area (Å²) in [4.78, 5) is 37.9. The first-order valence-corrected chi connectivity index (χ1v) is 18.3. The number of carbonyl (C=O) groups is 2. The number of fused-ring (bicyclic) bond motifs is 1. The van der Waals surface area contributed by atoms with E-state index >= 15 is 0 Å². The number of nitrogens with one attached hydrogen (secondary N) is 2. The molecule has 1 aromatic carbocycles. The van der Waals surface area contributed by atoms with Crippen molar-refractivity contribution in [2.24, 2.45) is 0 Å². The second-order valence-corrected chi connectivity index (χ2v) is 13.2. The number of hydrogen-bond acceptors (Lipinski definition) is 12. The molecular weight excluding hydrogens is 641 g/mol. The molecule has 4 N–H and O–H groups in total. The van der Waals surface area contributed by atoms with Gasteiger partial charge in [0, 0.05) is 6.42 Å². The van der Waals surface area contributed by atoms with Gasteiger partial charge in [-0.05, 0) is 32.4 Å². The number of benzene rings is 1. The van der Waals surface area contributed by atoms with Crippen LogP contribution in [0.3, 0.4) is 0 Å². The molecule has 4 rings (SSSR count). The predicted molar refractivity (Wildman–Crippen MR) is 180 cm³/mol. The highest BCUT2D eigenvalue weighted by Crippen LogP contribution is 2.45. The van der Waals surface area contributed by atoms with E-state index in [4.69, 9.17) is 29.0 Å².